The third-order valence-corrected chi connectivity index (χ3v) is 9.60. The normalized spacial score (nSPS) is 23.4. The summed E-state index contributed by atoms with van der Waals surface area (Å²) in [7, 11) is -6.23. The van der Waals surface area contributed by atoms with Gasteiger partial charge >= 0.3 is 5.97 Å². The monoisotopic (exact) mass is 504 g/mol. The van der Waals surface area contributed by atoms with Crippen molar-refractivity contribution in [2.45, 2.75) is 29.8 Å². The number of nitrogens with one attached hydrogen (secondary N) is 2. The Morgan fingerprint density at radius 2 is 1.47 bits per heavy atom. The number of benzene rings is 1. The Balaban J connectivity index is 1.48. The topological polar surface area (TPSA) is 153 Å². The number of hydrogen-bond acceptors (Lipinski definition) is 9. The third kappa shape index (κ3) is 7.20. The fraction of sp³-hybridized carbons (Fsp3) is 0.526. The number of ether oxygens (including phenoxy) is 1. The van der Waals surface area contributed by atoms with E-state index >= 15 is 0 Å². The van der Waals surface area contributed by atoms with E-state index in [1.165, 1.54) is 6.07 Å². The lowest BCUT2D eigenvalue weighted by Gasteiger charge is -2.13. The maximum atomic E-state index is 12.4. The largest absolute Gasteiger partial charge is 0.452 e. The number of rotatable bonds is 8. The van der Waals surface area contributed by atoms with Crippen molar-refractivity contribution >= 4 is 49.2 Å². The van der Waals surface area contributed by atoms with Crippen LogP contribution < -0.4 is 10.6 Å². The Morgan fingerprint density at radius 1 is 0.906 bits per heavy atom. The quantitative estimate of drug-likeness (QED) is 0.354. The van der Waals surface area contributed by atoms with Crippen LogP contribution in [0, 0.1) is 0 Å². The van der Waals surface area contributed by atoms with Gasteiger partial charge in [-0.1, -0.05) is 12.1 Å². The van der Waals surface area contributed by atoms with Crippen LogP contribution in [0.25, 0.3) is 0 Å². The van der Waals surface area contributed by atoms with Gasteiger partial charge in [0, 0.05) is 17.0 Å². The van der Waals surface area contributed by atoms with Crippen molar-refractivity contribution in [3.05, 3.63) is 29.8 Å². The van der Waals surface area contributed by atoms with Crippen LogP contribution in [0.4, 0.5) is 0 Å². The molecule has 0 saturated carbocycles. The number of amides is 2. The van der Waals surface area contributed by atoms with Crippen molar-refractivity contribution in [2.24, 2.45) is 0 Å². The first-order chi connectivity index (χ1) is 15.0. The maximum absolute atomic E-state index is 12.4. The molecule has 10 nitrogen and oxygen atoms in total. The van der Waals surface area contributed by atoms with E-state index in [2.05, 4.69) is 10.6 Å². The summed E-state index contributed by atoms with van der Waals surface area (Å²) in [5, 5.41) is 5.22. The highest BCUT2D eigenvalue weighted by Gasteiger charge is 2.30. The van der Waals surface area contributed by atoms with Crippen LogP contribution in [-0.2, 0) is 34.0 Å². The Hall–Kier alpha value is -2.12. The van der Waals surface area contributed by atoms with Crippen LogP contribution in [0.2, 0.25) is 0 Å². The van der Waals surface area contributed by atoms with Crippen molar-refractivity contribution in [3.63, 3.8) is 0 Å². The predicted molar refractivity (Wildman–Crippen MR) is 118 cm³/mol. The standard InChI is InChI=1S/C19H24N2O8S3/c22-17(20-13-5-7-31(25,26)11-13)9-29-19(24)15-3-1-2-4-16(15)30-10-18(23)21-14-6-8-32(27,28)12-14/h1-4,13-14H,5-12H2,(H,20,22)(H,21,23)/t13-,14-/m0/s1. The molecular weight excluding hydrogens is 480 g/mol. The summed E-state index contributed by atoms with van der Waals surface area (Å²) >= 11 is 1.10. The second kappa shape index (κ2) is 10.2. The highest BCUT2D eigenvalue weighted by molar-refractivity contribution is 8.00. The second-order valence-corrected chi connectivity index (χ2v) is 13.2. The first-order valence-electron chi connectivity index (χ1n) is 9.91. The minimum absolute atomic E-state index is 0.0164. The fourth-order valence-corrected chi connectivity index (χ4v) is 7.67. The van der Waals surface area contributed by atoms with Crippen molar-refractivity contribution in [2.75, 3.05) is 35.4 Å². The van der Waals surface area contributed by atoms with Gasteiger partial charge in [0.25, 0.3) is 5.91 Å². The minimum atomic E-state index is -3.14. The molecule has 0 aromatic heterocycles. The van der Waals surface area contributed by atoms with Crippen molar-refractivity contribution in [1.29, 1.82) is 0 Å². The van der Waals surface area contributed by atoms with Gasteiger partial charge in [-0.2, -0.15) is 0 Å². The molecule has 3 rings (SSSR count). The molecule has 2 atom stereocenters. The molecule has 176 valence electrons. The molecule has 1 aromatic carbocycles. The first-order valence-corrected chi connectivity index (χ1v) is 14.5. The van der Waals surface area contributed by atoms with Crippen LogP contribution >= 0.6 is 11.8 Å². The van der Waals surface area contributed by atoms with Gasteiger partial charge in [0.05, 0.1) is 34.3 Å². The van der Waals surface area contributed by atoms with Crippen LogP contribution in [0.1, 0.15) is 23.2 Å². The minimum Gasteiger partial charge on any atom is -0.452 e. The Morgan fingerprint density at radius 3 is 2.03 bits per heavy atom. The third-order valence-electron chi connectivity index (χ3n) is 5.00. The summed E-state index contributed by atoms with van der Waals surface area (Å²) in [5.41, 5.74) is 0.185. The molecule has 2 aliphatic heterocycles. The molecule has 2 saturated heterocycles. The summed E-state index contributed by atoms with van der Waals surface area (Å²) in [6, 6.07) is 5.57. The molecule has 2 aliphatic rings. The SMILES string of the molecule is O=C(COC(=O)c1ccccc1SCC(=O)N[C@H]1CCS(=O)(=O)C1)N[C@H]1CCS(=O)(=O)C1. The fourth-order valence-electron chi connectivity index (χ4n) is 3.47. The van der Waals surface area contributed by atoms with E-state index in [4.69, 9.17) is 4.74 Å². The molecule has 2 N–H and O–H groups in total. The van der Waals surface area contributed by atoms with E-state index in [-0.39, 0.29) is 40.2 Å². The molecule has 0 unspecified atom stereocenters. The van der Waals surface area contributed by atoms with Crippen LogP contribution in [0.15, 0.2) is 29.2 Å². The average molecular weight is 505 g/mol. The zero-order valence-corrected chi connectivity index (χ0v) is 19.6. The zero-order chi connectivity index (χ0) is 23.4. The van der Waals surface area contributed by atoms with Gasteiger partial charge in [0.1, 0.15) is 0 Å². The Kier molecular flexibility index (Phi) is 7.83. The van der Waals surface area contributed by atoms with Crippen molar-refractivity contribution in [1.82, 2.24) is 10.6 Å². The summed E-state index contributed by atoms with van der Waals surface area (Å²) in [6.45, 7) is -0.551. The molecule has 0 spiro atoms. The molecule has 0 bridgehead atoms. The summed E-state index contributed by atoms with van der Waals surface area (Å²) in [5.74, 6) is -1.80. The maximum Gasteiger partial charge on any atom is 0.339 e. The van der Waals surface area contributed by atoms with E-state index in [9.17, 15) is 31.2 Å². The van der Waals surface area contributed by atoms with Gasteiger partial charge in [0.2, 0.25) is 5.91 Å². The summed E-state index contributed by atoms with van der Waals surface area (Å²) < 4.78 is 50.9. The molecule has 0 aliphatic carbocycles. The van der Waals surface area contributed by atoms with Crippen LogP contribution in [0.3, 0.4) is 0 Å². The number of sulfone groups is 2. The van der Waals surface area contributed by atoms with Crippen LogP contribution in [-0.4, -0.2) is 82.1 Å². The van der Waals surface area contributed by atoms with Crippen LogP contribution in [0.5, 0.6) is 0 Å². The summed E-state index contributed by atoms with van der Waals surface area (Å²) in [4.78, 5) is 37.0. The first kappa shape index (κ1) is 24.5. The molecule has 13 heteroatoms. The molecule has 1 aromatic rings. The predicted octanol–water partition coefficient (Wildman–Crippen LogP) is -0.458. The number of thioether (sulfide) groups is 1. The Labute approximate surface area is 190 Å². The van der Waals surface area contributed by atoms with Gasteiger partial charge in [0.15, 0.2) is 26.3 Å². The van der Waals surface area contributed by atoms with Gasteiger partial charge in [-0.15, -0.1) is 11.8 Å². The van der Waals surface area contributed by atoms with E-state index in [1.54, 1.807) is 18.2 Å². The molecule has 2 heterocycles. The highest BCUT2D eigenvalue weighted by Crippen LogP contribution is 2.23. The number of carbonyl (C=O) groups excluding carboxylic acids is 3. The van der Waals surface area contributed by atoms with E-state index < -0.39 is 50.2 Å². The average Bonchev–Trinajstić information content (AvgIpc) is 3.24. The number of esters is 1. The Bertz CT molecular complexity index is 1100. The summed E-state index contributed by atoms with van der Waals surface area (Å²) in [6.07, 6.45) is 0.715. The van der Waals surface area contributed by atoms with Crippen molar-refractivity contribution < 1.29 is 36.0 Å². The van der Waals surface area contributed by atoms with Gasteiger partial charge in [-0.05, 0) is 25.0 Å². The van der Waals surface area contributed by atoms with Gasteiger partial charge < -0.3 is 15.4 Å². The van der Waals surface area contributed by atoms with E-state index in [0.717, 1.165) is 11.8 Å². The molecule has 0 radical (unpaired) electrons. The number of carbonyl (C=O) groups is 3. The van der Waals surface area contributed by atoms with Gasteiger partial charge in [-0.3, -0.25) is 9.59 Å². The number of hydrogen-bond donors (Lipinski definition) is 2. The lowest BCUT2D eigenvalue weighted by atomic mass is 10.2. The second-order valence-electron chi connectivity index (χ2n) is 7.70. The lowest BCUT2D eigenvalue weighted by molar-refractivity contribution is -0.124. The molecule has 2 fully saturated rings. The highest BCUT2D eigenvalue weighted by atomic mass is 32.2. The lowest BCUT2D eigenvalue weighted by Crippen LogP contribution is -2.38. The smallest absolute Gasteiger partial charge is 0.339 e. The van der Waals surface area contributed by atoms with Crippen molar-refractivity contribution in [3.8, 4) is 0 Å². The molecule has 32 heavy (non-hydrogen) atoms. The van der Waals surface area contributed by atoms with E-state index in [1.807, 2.05) is 0 Å². The van der Waals surface area contributed by atoms with E-state index in [0.29, 0.717) is 17.7 Å². The zero-order valence-electron chi connectivity index (χ0n) is 17.1. The molecule has 2 amide bonds. The molecular formula is C19H24N2O8S3. The van der Waals surface area contributed by atoms with Gasteiger partial charge in [-0.25, -0.2) is 21.6 Å².